The molecule has 0 aliphatic carbocycles. The molecule has 0 atom stereocenters. The molecular weight excluding hydrogens is 248 g/mol. The lowest BCUT2D eigenvalue weighted by Crippen LogP contribution is -2.03. The predicted molar refractivity (Wildman–Crippen MR) is 67.8 cm³/mol. The van der Waals surface area contributed by atoms with Gasteiger partial charge in [0.25, 0.3) is 0 Å². The minimum Gasteiger partial charge on any atom is -0.379 e. The van der Waals surface area contributed by atoms with E-state index in [1.54, 1.807) is 0 Å². The van der Waals surface area contributed by atoms with E-state index in [0.29, 0.717) is 0 Å². The molecule has 2 aliphatic rings. The van der Waals surface area contributed by atoms with Crippen molar-refractivity contribution < 1.29 is 16.7 Å². The standard InChI is InChI=1S/C10H14O4S2/c1-15(2)11-7-5-9-10(6-8(7)12-15)14-16(3,4)13-9/h5-6H,1-4H3. The van der Waals surface area contributed by atoms with Crippen LogP contribution in [0.1, 0.15) is 0 Å². The molecule has 0 saturated carbocycles. The van der Waals surface area contributed by atoms with E-state index in [9.17, 15) is 0 Å². The fourth-order valence-corrected chi connectivity index (χ4v) is 4.00. The summed E-state index contributed by atoms with van der Waals surface area (Å²) in [5, 5.41) is 0. The van der Waals surface area contributed by atoms with Crippen LogP contribution in [0.5, 0.6) is 23.0 Å². The molecule has 0 bridgehead atoms. The minimum atomic E-state index is -1.46. The van der Waals surface area contributed by atoms with Gasteiger partial charge in [0, 0.05) is 37.2 Å². The van der Waals surface area contributed by atoms with Crippen molar-refractivity contribution in [3.8, 4) is 23.0 Å². The maximum Gasteiger partial charge on any atom is 0.200 e. The van der Waals surface area contributed by atoms with Crippen LogP contribution in [0.25, 0.3) is 0 Å². The average Bonchev–Trinajstić information content (AvgIpc) is 2.51. The van der Waals surface area contributed by atoms with Crippen molar-refractivity contribution in [1.29, 1.82) is 0 Å². The van der Waals surface area contributed by atoms with Gasteiger partial charge in [0.15, 0.2) is 0 Å². The maximum atomic E-state index is 5.72. The van der Waals surface area contributed by atoms with Gasteiger partial charge in [0.05, 0.1) is 0 Å². The summed E-state index contributed by atoms with van der Waals surface area (Å²) >= 11 is 0. The van der Waals surface area contributed by atoms with Gasteiger partial charge >= 0.3 is 0 Å². The van der Waals surface area contributed by atoms with Crippen molar-refractivity contribution in [2.75, 3.05) is 25.0 Å². The van der Waals surface area contributed by atoms with E-state index < -0.39 is 21.2 Å². The molecular formula is C10H14O4S2. The Labute approximate surface area is 98.3 Å². The maximum absolute atomic E-state index is 5.72. The first-order valence-electron chi connectivity index (χ1n) is 4.77. The normalized spacial score (nSPS) is 26.2. The van der Waals surface area contributed by atoms with Gasteiger partial charge in [-0.1, -0.05) is 0 Å². The van der Waals surface area contributed by atoms with E-state index in [1.165, 1.54) is 0 Å². The zero-order chi connectivity index (χ0) is 11.6. The second kappa shape index (κ2) is 2.87. The third kappa shape index (κ3) is 1.56. The molecule has 2 heterocycles. The fourth-order valence-electron chi connectivity index (χ4n) is 1.68. The molecule has 0 radical (unpaired) electrons. The molecule has 4 nitrogen and oxygen atoms in total. The first kappa shape index (κ1) is 10.3. The van der Waals surface area contributed by atoms with Crippen LogP contribution in [0.2, 0.25) is 0 Å². The lowest BCUT2D eigenvalue weighted by atomic mass is 10.3. The molecule has 1 aromatic rings. The molecule has 6 heteroatoms. The van der Waals surface area contributed by atoms with Gasteiger partial charge in [-0.15, -0.1) is 21.2 Å². The van der Waals surface area contributed by atoms with Gasteiger partial charge in [-0.05, 0) is 0 Å². The molecule has 0 fully saturated rings. The molecule has 0 spiro atoms. The molecule has 3 rings (SSSR count). The Kier molecular flexibility index (Phi) is 1.84. The first-order valence-corrected chi connectivity index (χ1v) is 9.37. The second-order valence-electron chi connectivity index (χ2n) is 4.36. The molecule has 2 aliphatic heterocycles. The predicted octanol–water partition coefficient (Wildman–Crippen LogP) is 3.02. The monoisotopic (exact) mass is 262 g/mol. The third-order valence-corrected chi connectivity index (χ3v) is 4.50. The van der Waals surface area contributed by atoms with Crippen LogP contribution in [0.15, 0.2) is 12.1 Å². The van der Waals surface area contributed by atoms with Crippen LogP contribution in [0, 0.1) is 0 Å². The van der Waals surface area contributed by atoms with E-state index in [-0.39, 0.29) is 0 Å². The molecule has 0 amide bonds. The van der Waals surface area contributed by atoms with Crippen LogP contribution in [-0.4, -0.2) is 25.0 Å². The SMILES string of the molecule is CS1(C)Oc2cc3c(cc2O1)OS(C)(C)O3. The second-order valence-corrected chi connectivity index (χ2v) is 9.60. The van der Waals surface area contributed by atoms with Crippen LogP contribution in [0.3, 0.4) is 0 Å². The zero-order valence-corrected chi connectivity index (χ0v) is 11.2. The largest absolute Gasteiger partial charge is 0.379 e. The van der Waals surface area contributed by atoms with E-state index >= 15 is 0 Å². The summed E-state index contributed by atoms with van der Waals surface area (Å²) < 4.78 is 22.9. The number of fused-ring (bicyclic) bond motifs is 2. The van der Waals surface area contributed by atoms with Crippen molar-refractivity contribution in [3.05, 3.63) is 12.1 Å². The molecule has 1 aromatic carbocycles. The molecule has 90 valence electrons. The highest BCUT2D eigenvalue weighted by molar-refractivity contribution is 8.25. The van der Waals surface area contributed by atoms with Gasteiger partial charge in [-0.3, -0.25) is 0 Å². The number of hydrogen-bond donors (Lipinski definition) is 0. The van der Waals surface area contributed by atoms with Crippen molar-refractivity contribution >= 4 is 21.2 Å². The smallest absolute Gasteiger partial charge is 0.200 e. The highest BCUT2D eigenvalue weighted by Crippen LogP contribution is 2.62. The van der Waals surface area contributed by atoms with Crippen LogP contribution >= 0.6 is 21.2 Å². The number of rotatable bonds is 0. The van der Waals surface area contributed by atoms with E-state index in [1.807, 2.05) is 37.2 Å². The molecule has 0 aromatic heterocycles. The topological polar surface area (TPSA) is 36.9 Å². The van der Waals surface area contributed by atoms with E-state index in [0.717, 1.165) is 23.0 Å². The van der Waals surface area contributed by atoms with Gasteiger partial charge in [0.1, 0.15) is 0 Å². The zero-order valence-electron chi connectivity index (χ0n) is 9.60. The summed E-state index contributed by atoms with van der Waals surface area (Å²) in [7, 11) is -2.91. The molecule has 0 unspecified atom stereocenters. The minimum absolute atomic E-state index is 0.749. The Bertz CT molecular complexity index is 392. The van der Waals surface area contributed by atoms with E-state index in [2.05, 4.69) is 0 Å². The average molecular weight is 262 g/mol. The Morgan fingerprint density at radius 1 is 0.625 bits per heavy atom. The lowest BCUT2D eigenvalue weighted by Gasteiger charge is -2.28. The summed E-state index contributed by atoms with van der Waals surface area (Å²) in [6.45, 7) is 0. The van der Waals surface area contributed by atoms with Gasteiger partial charge in [-0.2, -0.15) is 0 Å². The summed E-state index contributed by atoms with van der Waals surface area (Å²) in [6, 6.07) is 3.71. The lowest BCUT2D eigenvalue weighted by molar-refractivity contribution is 0.579. The third-order valence-electron chi connectivity index (χ3n) is 2.17. The Balaban J connectivity index is 2.02. The van der Waals surface area contributed by atoms with Crippen molar-refractivity contribution in [1.82, 2.24) is 0 Å². The first-order chi connectivity index (χ1) is 7.35. The molecule has 16 heavy (non-hydrogen) atoms. The van der Waals surface area contributed by atoms with E-state index in [4.69, 9.17) is 16.7 Å². The summed E-state index contributed by atoms with van der Waals surface area (Å²) in [6.07, 6.45) is 7.81. The van der Waals surface area contributed by atoms with Crippen LogP contribution in [-0.2, 0) is 0 Å². The van der Waals surface area contributed by atoms with Crippen LogP contribution in [0.4, 0.5) is 0 Å². The highest BCUT2D eigenvalue weighted by Gasteiger charge is 2.32. The van der Waals surface area contributed by atoms with Crippen LogP contribution < -0.4 is 16.7 Å². The quantitative estimate of drug-likeness (QED) is 0.720. The molecule has 0 saturated heterocycles. The summed E-state index contributed by atoms with van der Waals surface area (Å²) in [5.74, 6) is 3.00. The summed E-state index contributed by atoms with van der Waals surface area (Å²) in [4.78, 5) is 0. The van der Waals surface area contributed by atoms with Gasteiger partial charge < -0.3 is 16.7 Å². The number of benzene rings is 1. The van der Waals surface area contributed by atoms with Crippen molar-refractivity contribution in [2.24, 2.45) is 0 Å². The highest BCUT2D eigenvalue weighted by atomic mass is 32.3. The number of hydrogen-bond acceptors (Lipinski definition) is 4. The Morgan fingerprint density at radius 2 is 0.875 bits per heavy atom. The van der Waals surface area contributed by atoms with Crippen molar-refractivity contribution in [2.45, 2.75) is 0 Å². The van der Waals surface area contributed by atoms with Gasteiger partial charge in [0.2, 0.25) is 23.0 Å². The summed E-state index contributed by atoms with van der Waals surface area (Å²) in [5.41, 5.74) is 0. The Morgan fingerprint density at radius 3 is 1.12 bits per heavy atom. The molecule has 0 N–H and O–H groups in total. The fraction of sp³-hybridized carbons (Fsp3) is 0.400. The van der Waals surface area contributed by atoms with Gasteiger partial charge in [-0.25, -0.2) is 0 Å². The Hall–Kier alpha value is -0.880. The van der Waals surface area contributed by atoms with Crippen molar-refractivity contribution in [3.63, 3.8) is 0 Å².